The maximum absolute atomic E-state index is 12.6. The number of hydrogen-bond donors (Lipinski definition) is 1. The lowest BCUT2D eigenvalue weighted by atomic mass is 10.1. The molecule has 2 aromatic carbocycles. The molecule has 0 aromatic heterocycles. The fourth-order valence-electron chi connectivity index (χ4n) is 2.55. The van der Waals surface area contributed by atoms with Crippen molar-refractivity contribution >= 4 is 17.7 Å². The third kappa shape index (κ3) is 5.27. The predicted octanol–water partition coefficient (Wildman–Crippen LogP) is 4.35. The zero-order valence-electron chi connectivity index (χ0n) is 16.7. The normalized spacial score (nSPS) is 11.0. The summed E-state index contributed by atoms with van der Waals surface area (Å²) in [5.74, 6) is 1.13. The quantitative estimate of drug-likeness (QED) is 0.571. The molecule has 1 N–H and O–H groups in total. The number of methoxy groups -OCH3 is 2. The molecule has 0 radical (unpaired) electrons. The molecule has 0 aliphatic rings. The van der Waals surface area contributed by atoms with Gasteiger partial charge in [-0.25, -0.2) is 0 Å². The second kappa shape index (κ2) is 9.47. The van der Waals surface area contributed by atoms with E-state index < -0.39 is 5.91 Å². The van der Waals surface area contributed by atoms with E-state index in [9.17, 15) is 10.1 Å². The molecule has 0 spiro atoms. The lowest BCUT2D eigenvalue weighted by Crippen LogP contribution is -2.14. The molecule has 1 amide bonds. The maximum Gasteiger partial charge on any atom is 0.266 e. The van der Waals surface area contributed by atoms with Crippen LogP contribution >= 0.6 is 0 Å². The molecule has 0 saturated heterocycles. The van der Waals surface area contributed by atoms with Gasteiger partial charge in [-0.3, -0.25) is 4.79 Å². The minimum Gasteiger partial charge on any atom is -0.495 e. The molecule has 2 aromatic rings. The number of rotatable bonds is 7. The van der Waals surface area contributed by atoms with Crippen molar-refractivity contribution in [1.29, 1.82) is 5.26 Å². The van der Waals surface area contributed by atoms with E-state index >= 15 is 0 Å². The third-order valence-electron chi connectivity index (χ3n) is 3.83. The molecule has 146 valence electrons. The van der Waals surface area contributed by atoms with Crippen molar-refractivity contribution in [2.45, 2.75) is 26.9 Å². The number of nitrogens with zero attached hydrogens (tertiary/aromatic N) is 1. The van der Waals surface area contributed by atoms with E-state index in [1.807, 2.05) is 32.9 Å². The molecule has 0 atom stereocenters. The van der Waals surface area contributed by atoms with E-state index in [0.717, 1.165) is 5.56 Å². The van der Waals surface area contributed by atoms with E-state index in [1.54, 1.807) is 30.3 Å². The Balaban J connectivity index is 2.29. The number of ether oxygens (including phenoxy) is 3. The Labute approximate surface area is 165 Å². The van der Waals surface area contributed by atoms with Crippen molar-refractivity contribution in [2.75, 3.05) is 19.5 Å². The van der Waals surface area contributed by atoms with Gasteiger partial charge in [0.1, 0.15) is 17.4 Å². The number of nitrogens with one attached hydrogen (secondary N) is 1. The predicted molar refractivity (Wildman–Crippen MR) is 109 cm³/mol. The molecule has 0 bridgehead atoms. The summed E-state index contributed by atoms with van der Waals surface area (Å²) in [6, 6.07) is 12.6. The highest BCUT2D eigenvalue weighted by atomic mass is 16.5. The van der Waals surface area contributed by atoms with Crippen LogP contribution in [0.2, 0.25) is 0 Å². The number of hydrogen-bond acceptors (Lipinski definition) is 5. The highest BCUT2D eigenvalue weighted by Gasteiger charge is 2.14. The lowest BCUT2D eigenvalue weighted by molar-refractivity contribution is -0.112. The Morgan fingerprint density at radius 2 is 1.75 bits per heavy atom. The minimum atomic E-state index is -0.520. The van der Waals surface area contributed by atoms with Gasteiger partial charge in [0.2, 0.25) is 0 Å². The summed E-state index contributed by atoms with van der Waals surface area (Å²) in [5.41, 5.74) is 2.08. The lowest BCUT2D eigenvalue weighted by Gasteiger charge is -2.14. The van der Waals surface area contributed by atoms with Crippen LogP contribution in [0.3, 0.4) is 0 Å². The van der Waals surface area contributed by atoms with Gasteiger partial charge in [-0.15, -0.1) is 0 Å². The second-order valence-electron chi connectivity index (χ2n) is 6.40. The number of aryl methyl sites for hydroxylation is 1. The van der Waals surface area contributed by atoms with Gasteiger partial charge in [0, 0.05) is 0 Å². The average Bonchev–Trinajstić information content (AvgIpc) is 2.66. The van der Waals surface area contributed by atoms with E-state index in [0.29, 0.717) is 28.5 Å². The minimum absolute atomic E-state index is 0.0000452. The Morgan fingerprint density at radius 1 is 1.07 bits per heavy atom. The molecule has 6 nitrogen and oxygen atoms in total. The molecule has 0 aliphatic heterocycles. The zero-order valence-corrected chi connectivity index (χ0v) is 16.7. The molecule has 6 heteroatoms. The van der Waals surface area contributed by atoms with Gasteiger partial charge < -0.3 is 19.5 Å². The topological polar surface area (TPSA) is 80.6 Å². The van der Waals surface area contributed by atoms with Crippen LogP contribution in [0, 0.1) is 18.3 Å². The SMILES string of the molecule is COc1ccc(C)cc1NC(=O)/C(C#N)=C/c1ccc(OC(C)C)c(OC)c1. The monoisotopic (exact) mass is 380 g/mol. The first kappa shape index (κ1) is 20.8. The molecule has 0 heterocycles. The fraction of sp³-hybridized carbons (Fsp3) is 0.273. The number of anilines is 1. The Bertz CT molecular complexity index is 927. The molecule has 0 saturated carbocycles. The van der Waals surface area contributed by atoms with Crippen LogP contribution in [0.5, 0.6) is 17.2 Å². The third-order valence-corrected chi connectivity index (χ3v) is 3.83. The van der Waals surface area contributed by atoms with Crippen LogP contribution < -0.4 is 19.5 Å². The summed E-state index contributed by atoms with van der Waals surface area (Å²) in [4.78, 5) is 12.6. The molecule has 0 aliphatic carbocycles. The molecular formula is C22H24N2O4. The average molecular weight is 380 g/mol. The van der Waals surface area contributed by atoms with Gasteiger partial charge in [0.25, 0.3) is 5.91 Å². The van der Waals surface area contributed by atoms with Crippen molar-refractivity contribution < 1.29 is 19.0 Å². The molecule has 2 rings (SSSR count). The van der Waals surface area contributed by atoms with Crippen LogP contribution in [0.25, 0.3) is 6.08 Å². The van der Waals surface area contributed by atoms with Crippen molar-refractivity contribution in [3.05, 3.63) is 53.1 Å². The molecule has 28 heavy (non-hydrogen) atoms. The molecule has 0 unspecified atom stereocenters. The van der Waals surface area contributed by atoms with Gasteiger partial charge in [-0.05, 0) is 62.2 Å². The van der Waals surface area contributed by atoms with Crippen molar-refractivity contribution in [3.8, 4) is 23.3 Å². The standard InChI is InChI=1S/C22H24N2O4/c1-14(2)28-20-9-7-16(12-21(20)27-5)11-17(13-23)22(25)24-18-10-15(3)6-8-19(18)26-4/h6-12,14H,1-5H3,(H,24,25)/b17-11+. The number of benzene rings is 2. The summed E-state index contributed by atoms with van der Waals surface area (Å²) in [7, 11) is 3.06. The Hall–Kier alpha value is -3.46. The largest absolute Gasteiger partial charge is 0.495 e. The highest BCUT2D eigenvalue weighted by Crippen LogP contribution is 2.30. The number of carbonyl (C=O) groups is 1. The van der Waals surface area contributed by atoms with Crippen molar-refractivity contribution in [3.63, 3.8) is 0 Å². The number of nitriles is 1. The van der Waals surface area contributed by atoms with Crippen LogP contribution in [-0.2, 0) is 4.79 Å². The van der Waals surface area contributed by atoms with E-state index in [-0.39, 0.29) is 11.7 Å². The first-order chi connectivity index (χ1) is 13.4. The van der Waals surface area contributed by atoms with E-state index in [2.05, 4.69) is 5.32 Å². The highest BCUT2D eigenvalue weighted by molar-refractivity contribution is 6.10. The Morgan fingerprint density at radius 3 is 2.36 bits per heavy atom. The molecule has 0 fully saturated rings. The van der Waals surface area contributed by atoms with Gasteiger partial charge in [-0.1, -0.05) is 12.1 Å². The van der Waals surface area contributed by atoms with Crippen molar-refractivity contribution in [1.82, 2.24) is 0 Å². The zero-order chi connectivity index (χ0) is 20.7. The molecular weight excluding hydrogens is 356 g/mol. The summed E-state index contributed by atoms with van der Waals surface area (Å²) >= 11 is 0. The van der Waals surface area contributed by atoms with Crippen molar-refractivity contribution in [2.24, 2.45) is 0 Å². The summed E-state index contributed by atoms with van der Waals surface area (Å²) < 4.78 is 16.3. The summed E-state index contributed by atoms with van der Waals surface area (Å²) in [5, 5.41) is 12.2. The maximum atomic E-state index is 12.6. The summed E-state index contributed by atoms with van der Waals surface area (Å²) in [6.07, 6.45) is 1.50. The smallest absolute Gasteiger partial charge is 0.266 e. The van der Waals surface area contributed by atoms with E-state index in [1.165, 1.54) is 20.3 Å². The first-order valence-corrected chi connectivity index (χ1v) is 8.80. The van der Waals surface area contributed by atoms with Gasteiger partial charge in [0.05, 0.1) is 26.0 Å². The van der Waals surface area contributed by atoms with Crippen LogP contribution in [0.15, 0.2) is 42.0 Å². The second-order valence-corrected chi connectivity index (χ2v) is 6.40. The van der Waals surface area contributed by atoms with Gasteiger partial charge in [0.15, 0.2) is 11.5 Å². The Kier molecular flexibility index (Phi) is 7.05. The van der Waals surface area contributed by atoms with Crippen LogP contribution in [-0.4, -0.2) is 26.2 Å². The summed E-state index contributed by atoms with van der Waals surface area (Å²) in [6.45, 7) is 5.75. The number of carbonyl (C=O) groups excluding carboxylic acids is 1. The number of amides is 1. The van der Waals surface area contributed by atoms with Crippen LogP contribution in [0.4, 0.5) is 5.69 Å². The van der Waals surface area contributed by atoms with Crippen LogP contribution in [0.1, 0.15) is 25.0 Å². The van der Waals surface area contributed by atoms with Gasteiger partial charge in [-0.2, -0.15) is 5.26 Å². The first-order valence-electron chi connectivity index (χ1n) is 8.80. The van der Waals surface area contributed by atoms with Gasteiger partial charge >= 0.3 is 0 Å². The fourth-order valence-corrected chi connectivity index (χ4v) is 2.55. The van der Waals surface area contributed by atoms with E-state index in [4.69, 9.17) is 14.2 Å².